The van der Waals surface area contributed by atoms with Gasteiger partial charge < -0.3 is 14.5 Å². The molecule has 1 aromatic heterocycles. The average Bonchev–Trinajstić information content (AvgIpc) is 3.02. The predicted molar refractivity (Wildman–Crippen MR) is 96.3 cm³/mol. The van der Waals surface area contributed by atoms with Crippen molar-refractivity contribution < 1.29 is 14.4 Å². The van der Waals surface area contributed by atoms with E-state index in [2.05, 4.69) is 22.3 Å². The third kappa shape index (κ3) is 4.47. The van der Waals surface area contributed by atoms with E-state index in [1.165, 1.54) is 5.56 Å². The van der Waals surface area contributed by atoms with Crippen LogP contribution >= 0.6 is 0 Å². The van der Waals surface area contributed by atoms with Gasteiger partial charge in [0, 0.05) is 19.6 Å². The number of benzene rings is 1. The first-order chi connectivity index (χ1) is 12.5. The molecule has 7 heteroatoms. The molecule has 1 aliphatic heterocycles. The molecule has 1 N–H and O–H groups in total. The molecule has 26 heavy (non-hydrogen) atoms. The van der Waals surface area contributed by atoms with Crippen LogP contribution in [-0.4, -0.2) is 63.2 Å². The van der Waals surface area contributed by atoms with E-state index in [0.29, 0.717) is 37.8 Å². The molecule has 0 bridgehead atoms. The summed E-state index contributed by atoms with van der Waals surface area (Å²) in [6.45, 7) is 3.73. The third-order valence-corrected chi connectivity index (χ3v) is 4.72. The number of hydrogen-bond donors (Lipinski definition) is 1. The number of aromatic nitrogens is 2. The van der Waals surface area contributed by atoms with Crippen LogP contribution in [0.4, 0.5) is 0 Å². The van der Waals surface area contributed by atoms with Crippen molar-refractivity contribution in [3.63, 3.8) is 0 Å². The normalized spacial score (nSPS) is 20.8. The molecular formula is C19H26N4O3. The molecule has 0 radical (unpaired) electrons. The topological polar surface area (TPSA) is 82.7 Å². The zero-order chi connectivity index (χ0) is 18.6. The lowest BCUT2D eigenvalue weighted by Gasteiger charge is -2.40. The van der Waals surface area contributed by atoms with Gasteiger partial charge in [0.1, 0.15) is 0 Å². The molecule has 1 aliphatic rings. The summed E-state index contributed by atoms with van der Waals surface area (Å²) in [7, 11) is 1.84. The van der Waals surface area contributed by atoms with Crippen LogP contribution in [0.25, 0.3) is 0 Å². The highest BCUT2D eigenvalue weighted by molar-refractivity contribution is 5.86. The summed E-state index contributed by atoms with van der Waals surface area (Å²) >= 11 is 0. The number of carbonyl (C=O) groups excluding carboxylic acids is 1. The van der Waals surface area contributed by atoms with E-state index in [1.807, 2.05) is 30.1 Å². The number of rotatable bonds is 7. The van der Waals surface area contributed by atoms with Crippen LogP contribution in [0.3, 0.4) is 0 Å². The monoisotopic (exact) mass is 358 g/mol. The van der Waals surface area contributed by atoms with Crippen molar-refractivity contribution in [1.29, 1.82) is 0 Å². The molecule has 1 saturated heterocycles. The first-order valence-corrected chi connectivity index (χ1v) is 9.00. The maximum atomic E-state index is 12.9. The predicted octanol–water partition coefficient (Wildman–Crippen LogP) is 1.41. The van der Waals surface area contributed by atoms with Crippen molar-refractivity contribution in [3.05, 3.63) is 47.6 Å². The maximum absolute atomic E-state index is 12.9. The fourth-order valence-corrected chi connectivity index (χ4v) is 3.47. The smallest absolute Gasteiger partial charge is 0.255 e. The van der Waals surface area contributed by atoms with E-state index >= 15 is 0 Å². The number of piperidine rings is 1. The number of carbonyl (C=O) groups is 1. The Balaban J connectivity index is 1.58. The van der Waals surface area contributed by atoms with Gasteiger partial charge in [0.15, 0.2) is 11.4 Å². The minimum atomic E-state index is -1.36. The molecule has 0 unspecified atom stereocenters. The van der Waals surface area contributed by atoms with E-state index in [4.69, 9.17) is 4.52 Å². The van der Waals surface area contributed by atoms with Gasteiger partial charge in [-0.15, -0.1) is 0 Å². The van der Waals surface area contributed by atoms with Gasteiger partial charge in [-0.25, -0.2) is 0 Å². The average molecular weight is 358 g/mol. The molecule has 0 aliphatic carbocycles. The van der Waals surface area contributed by atoms with Gasteiger partial charge >= 0.3 is 0 Å². The second-order valence-electron chi connectivity index (χ2n) is 7.07. The molecular weight excluding hydrogens is 332 g/mol. The van der Waals surface area contributed by atoms with Crippen LogP contribution in [0, 0.1) is 6.92 Å². The first kappa shape index (κ1) is 18.5. The summed E-state index contributed by atoms with van der Waals surface area (Å²) in [6, 6.07) is 10.1. The van der Waals surface area contributed by atoms with E-state index < -0.39 is 5.60 Å². The Kier molecular flexibility index (Phi) is 5.68. The minimum Gasteiger partial charge on any atom is -0.379 e. The lowest BCUT2D eigenvalue weighted by Crippen LogP contribution is -2.58. The summed E-state index contributed by atoms with van der Waals surface area (Å²) < 4.78 is 5.11. The number of aryl methyl sites for hydroxylation is 1. The van der Waals surface area contributed by atoms with Gasteiger partial charge in [-0.05, 0) is 38.8 Å². The van der Waals surface area contributed by atoms with Crippen molar-refractivity contribution in [1.82, 2.24) is 19.9 Å². The highest BCUT2D eigenvalue weighted by Gasteiger charge is 2.42. The van der Waals surface area contributed by atoms with Gasteiger partial charge in [0.25, 0.3) is 5.91 Å². The quantitative estimate of drug-likeness (QED) is 0.806. The second kappa shape index (κ2) is 7.97. The summed E-state index contributed by atoms with van der Waals surface area (Å²) in [6.07, 6.45) is 2.06. The molecule has 1 aromatic carbocycles. The van der Waals surface area contributed by atoms with Gasteiger partial charge in [-0.2, -0.15) is 4.98 Å². The number of aliphatic hydroxyl groups is 1. The Morgan fingerprint density at radius 2 is 2.12 bits per heavy atom. The molecule has 7 nitrogen and oxygen atoms in total. The van der Waals surface area contributed by atoms with Crippen molar-refractivity contribution in [2.24, 2.45) is 0 Å². The van der Waals surface area contributed by atoms with Gasteiger partial charge in [-0.1, -0.05) is 35.5 Å². The molecule has 0 spiro atoms. The summed E-state index contributed by atoms with van der Waals surface area (Å²) in [5, 5.41) is 14.7. The number of amides is 1. The number of likely N-dealkylation sites (N-methyl/N-ethyl adjacent to an activating group) is 1. The van der Waals surface area contributed by atoms with E-state index in [9.17, 15) is 9.90 Å². The Morgan fingerprint density at radius 1 is 1.35 bits per heavy atom. The van der Waals surface area contributed by atoms with Crippen LogP contribution in [0.5, 0.6) is 0 Å². The lowest BCUT2D eigenvalue weighted by molar-refractivity contribution is -0.159. The van der Waals surface area contributed by atoms with Crippen molar-refractivity contribution in [3.8, 4) is 0 Å². The Hall–Kier alpha value is -2.25. The molecule has 0 saturated carbocycles. The van der Waals surface area contributed by atoms with Crippen molar-refractivity contribution >= 4 is 5.91 Å². The number of likely N-dealkylation sites (tertiary alicyclic amines) is 1. The molecule has 140 valence electrons. The molecule has 2 heterocycles. The van der Waals surface area contributed by atoms with Crippen LogP contribution in [0.1, 0.15) is 30.1 Å². The van der Waals surface area contributed by atoms with Gasteiger partial charge in [0.05, 0.1) is 6.54 Å². The molecule has 3 rings (SSSR count). The summed E-state index contributed by atoms with van der Waals surface area (Å²) in [5.41, 5.74) is -0.169. The fraction of sp³-hybridized carbons (Fsp3) is 0.526. The second-order valence-corrected chi connectivity index (χ2v) is 7.07. The van der Waals surface area contributed by atoms with Crippen LogP contribution < -0.4 is 0 Å². The van der Waals surface area contributed by atoms with Crippen LogP contribution in [-0.2, 0) is 17.8 Å². The zero-order valence-corrected chi connectivity index (χ0v) is 15.4. The maximum Gasteiger partial charge on any atom is 0.255 e. The van der Waals surface area contributed by atoms with Gasteiger partial charge in [-0.3, -0.25) is 9.69 Å². The zero-order valence-electron chi connectivity index (χ0n) is 15.4. The van der Waals surface area contributed by atoms with E-state index in [-0.39, 0.29) is 12.5 Å². The molecule has 1 fully saturated rings. The van der Waals surface area contributed by atoms with Crippen LogP contribution in [0.15, 0.2) is 34.9 Å². The highest BCUT2D eigenvalue weighted by Crippen LogP contribution is 2.24. The molecule has 1 amide bonds. The van der Waals surface area contributed by atoms with Crippen molar-refractivity contribution in [2.45, 2.75) is 38.3 Å². The minimum absolute atomic E-state index is 0.187. The van der Waals surface area contributed by atoms with Gasteiger partial charge in [0.2, 0.25) is 5.89 Å². The Morgan fingerprint density at radius 3 is 2.81 bits per heavy atom. The van der Waals surface area contributed by atoms with Crippen LogP contribution in [0.2, 0.25) is 0 Å². The number of nitrogens with zero attached hydrogens (tertiary/aromatic N) is 4. The lowest BCUT2D eigenvalue weighted by atomic mass is 9.91. The highest BCUT2D eigenvalue weighted by atomic mass is 16.5. The fourth-order valence-electron chi connectivity index (χ4n) is 3.47. The Bertz CT molecular complexity index is 733. The first-order valence-electron chi connectivity index (χ1n) is 9.00. The van der Waals surface area contributed by atoms with Crippen molar-refractivity contribution in [2.75, 3.05) is 26.7 Å². The Labute approximate surface area is 153 Å². The standard InChI is InChI=1S/C19H26N4O3/c1-15-20-17(26-21-15)13-22(2)14-19(25)10-6-11-23(18(19)24)12-9-16-7-4-3-5-8-16/h3-5,7-8,25H,6,9-14H2,1-2H3/t19-/m0/s1. The third-order valence-electron chi connectivity index (χ3n) is 4.72. The summed E-state index contributed by atoms with van der Waals surface area (Å²) in [5.74, 6) is 0.874. The summed E-state index contributed by atoms with van der Waals surface area (Å²) in [4.78, 5) is 20.7. The molecule has 1 atom stereocenters. The number of hydrogen-bond acceptors (Lipinski definition) is 6. The molecule has 2 aromatic rings. The van der Waals surface area contributed by atoms with E-state index in [1.54, 1.807) is 11.8 Å². The SMILES string of the molecule is Cc1noc(CN(C)C[C@@]2(O)CCCN(CCc3ccccc3)C2=O)n1. The largest absolute Gasteiger partial charge is 0.379 e. The van der Waals surface area contributed by atoms with E-state index in [0.717, 1.165) is 12.8 Å².